The van der Waals surface area contributed by atoms with Gasteiger partial charge in [-0.3, -0.25) is 19.5 Å². The standard InChI is InChI=1S/C26H29N5O2/c32-24(11-10-19-6-2-1-3-7-19)31-14-5-9-23(31)25-28-22-18-30(15-12-21(22)26(33)29-25)17-20-8-4-13-27-16-20/h1-4,6-8,13,16,23H,5,9-12,14-15,17-18H2,(H,28,29,33). The molecule has 1 aromatic carbocycles. The van der Waals surface area contributed by atoms with Crippen LogP contribution in [0.1, 0.15) is 53.5 Å². The second kappa shape index (κ2) is 9.67. The molecule has 0 bridgehead atoms. The Bertz CT molecular complexity index is 1160. The zero-order valence-electron chi connectivity index (χ0n) is 18.7. The van der Waals surface area contributed by atoms with Gasteiger partial charge in [-0.25, -0.2) is 4.98 Å². The quantitative estimate of drug-likeness (QED) is 0.633. The Morgan fingerprint density at radius 2 is 1.94 bits per heavy atom. The normalized spacial score (nSPS) is 18.3. The first-order valence-corrected chi connectivity index (χ1v) is 11.7. The first-order chi connectivity index (χ1) is 16.2. The number of benzene rings is 1. The number of nitrogens with zero attached hydrogens (tertiary/aromatic N) is 4. The lowest BCUT2D eigenvalue weighted by atomic mass is 10.0. The van der Waals surface area contributed by atoms with E-state index in [0.29, 0.717) is 31.8 Å². The van der Waals surface area contributed by atoms with E-state index in [9.17, 15) is 9.59 Å². The monoisotopic (exact) mass is 443 g/mol. The number of H-pyrrole nitrogens is 1. The number of nitrogens with one attached hydrogen (secondary N) is 1. The molecular formula is C26H29N5O2. The van der Waals surface area contributed by atoms with E-state index in [-0.39, 0.29) is 17.5 Å². The van der Waals surface area contributed by atoms with Crippen molar-refractivity contribution in [1.82, 2.24) is 24.8 Å². The summed E-state index contributed by atoms with van der Waals surface area (Å²) < 4.78 is 0. The molecule has 170 valence electrons. The van der Waals surface area contributed by atoms with Crippen LogP contribution in [0.2, 0.25) is 0 Å². The maximum absolute atomic E-state index is 13.0. The summed E-state index contributed by atoms with van der Waals surface area (Å²) in [5, 5.41) is 0. The van der Waals surface area contributed by atoms with Gasteiger partial charge in [0.15, 0.2) is 0 Å². The van der Waals surface area contributed by atoms with E-state index in [1.165, 1.54) is 0 Å². The maximum atomic E-state index is 13.0. The summed E-state index contributed by atoms with van der Waals surface area (Å²) in [6, 6.07) is 13.9. The minimum absolute atomic E-state index is 0.0559. The van der Waals surface area contributed by atoms with Crippen LogP contribution in [-0.2, 0) is 30.7 Å². The predicted molar refractivity (Wildman–Crippen MR) is 125 cm³/mol. The number of pyridine rings is 1. The van der Waals surface area contributed by atoms with E-state index < -0.39 is 0 Å². The van der Waals surface area contributed by atoms with Crippen molar-refractivity contribution in [2.45, 2.75) is 51.2 Å². The molecule has 1 amide bonds. The number of amides is 1. The van der Waals surface area contributed by atoms with Crippen LogP contribution in [0.3, 0.4) is 0 Å². The lowest BCUT2D eigenvalue weighted by Gasteiger charge is -2.29. The summed E-state index contributed by atoms with van der Waals surface area (Å²) in [7, 11) is 0. The minimum atomic E-state index is -0.153. The van der Waals surface area contributed by atoms with Crippen LogP contribution in [0.15, 0.2) is 59.7 Å². The van der Waals surface area contributed by atoms with Gasteiger partial charge in [0.25, 0.3) is 5.56 Å². The van der Waals surface area contributed by atoms with Gasteiger partial charge in [0.2, 0.25) is 5.91 Å². The van der Waals surface area contributed by atoms with Gasteiger partial charge in [-0.05, 0) is 42.9 Å². The van der Waals surface area contributed by atoms with Crippen LogP contribution in [0.4, 0.5) is 0 Å². The van der Waals surface area contributed by atoms with Gasteiger partial charge in [-0.15, -0.1) is 0 Å². The molecule has 33 heavy (non-hydrogen) atoms. The Morgan fingerprint density at radius 1 is 1.09 bits per heavy atom. The summed E-state index contributed by atoms with van der Waals surface area (Å²) in [5.41, 5.74) is 3.88. The molecule has 0 saturated carbocycles. The Labute approximate surface area is 193 Å². The number of likely N-dealkylation sites (tertiary alicyclic amines) is 1. The van der Waals surface area contributed by atoms with Crippen LogP contribution < -0.4 is 5.56 Å². The molecule has 1 atom stereocenters. The largest absolute Gasteiger partial charge is 0.333 e. The zero-order chi connectivity index (χ0) is 22.6. The molecule has 1 unspecified atom stereocenters. The highest BCUT2D eigenvalue weighted by atomic mass is 16.2. The smallest absolute Gasteiger partial charge is 0.254 e. The number of aromatic amines is 1. The number of fused-ring (bicyclic) bond motifs is 1. The molecule has 2 aromatic heterocycles. The van der Waals surface area contributed by atoms with E-state index in [4.69, 9.17) is 4.98 Å². The van der Waals surface area contributed by atoms with Gasteiger partial charge >= 0.3 is 0 Å². The fourth-order valence-corrected chi connectivity index (χ4v) is 4.94. The van der Waals surface area contributed by atoms with Crippen LogP contribution >= 0.6 is 0 Å². The number of aromatic nitrogens is 3. The number of carbonyl (C=O) groups is 1. The van der Waals surface area contributed by atoms with Gasteiger partial charge in [-0.2, -0.15) is 0 Å². The second-order valence-corrected chi connectivity index (χ2v) is 8.93. The second-order valence-electron chi connectivity index (χ2n) is 8.93. The SMILES string of the molecule is O=C(CCc1ccccc1)N1CCCC1c1nc2c(c(=O)[nH]1)CCN(Cc1cccnc1)C2. The summed E-state index contributed by atoms with van der Waals surface area (Å²) in [6.07, 6.45) is 7.28. The first kappa shape index (κ1) is 21.5. The Balaban J connectivity index is 1.31. The third-order valence-corrected chi connectivity index (χ3v) is 6.66. The molecule has 0 spiro atoms. The van der Waals surface area contributed by atoms with Gasteiger partial charge in [0, 0.05) is 50.6 Å². The third kappa shape index (κ3) is 4.88. The van der Waals surface area contributed by atoms with Crippen molar-refractivity contribution in [2.75, 3.05) is 13.1 Å². The molecule has 3 aromatic rings. The van der Waals surface area contributed by atoms with Crippen LogP contribution in [-0.4, -0.2) is 43.7 Å². The van der Waals surface area contributed by atoms with E-state index in [1.54, 1.807) is 6.20 Å². The highest BCUT2D eigenvalue weighted by Gasteiger charge is 2.32. The summed E-state index contributed by atoms with van der Waals surface area (Å²) in [5.74, 6) is 0.757. The maximum Gasteiger partial charge on any atom is 0.254 e. The van der Waals surface area contributed by atoms with E-state index in [1.807, 2.05) is 35.4 Å². The molecule has 0 radical (unpaired) electrons. The summed E-state index contributed by atoms with van der Waals surface area (Å²) >= 11 is 0. The van der Waals surface area contributed by atoms with Crippen LogP contribution in [0.25, 0.3) is 0 Å². The average molecular weight is 444 g/mol. The van der Waals surface area contributed by atoms with Crippen molar-refractivity contribution in [3.05, 3.63) is 93.4 Å². The fraction of sp³-hybridized carbons (Fsp3) is 0.385. The lowest BCUT2D eigenvalue weighted by molar-refractivity contribution is -0.132. The van der Waals surface area contributed by atoms with Crippen molar-refractivity contribution in [2.24, 2.45) is 0 Å². The third-order valence-electron chi connectivity index (χ3n) is 6.66. The van der Waals surface area contributed by atoms with Gasteiger partial charge < -0.3 is 9.88 Å². The highest BCUT2D eigenvalue weighted by molar-refractivity contribution is 5.77. The van der Waals surface area contributed by atoms with Crippen LogP contribution in [0, 0.1) is 0 Å². The van der Waals surface area contributed by atoms with Gasteiger partial charge in [0.1, 0.15) is 5.82 Å². The molecule has 5 rings (SSSR count). The molecule has 1 N–H and O–H groups in total. The zero-order valence-corrected chi connectivity index (χ0v) is 18.7. The molecule has 7 nitrogen and oxygen atoms in total. The molecule has 0 aliphatic carbocycles. The highest BCUT2D eigenvalue weighted by Crippen LogP contribution is 2.31. The first-order valence-electron chi connectivity index (χ1n) is 11.7. The van der Waals surface area contributed by atoms with Crippen molar-refractivity contribution >= 4 is 5.91 Å². The molecule has 2 aliphatic heterocycles. The average Bonchev–Trinajstić information content (AvgIpc) is 3.34. The Morgan fingerprint density at radius 3 is 2.76 bits per heavy atom. The lowest BCUT2D eigenvalue weighted by Crippen LogP contribution is -2.37. The van der Waals surface area contributed by atoms with Crippen molar-refractivity contribution in [3.8, 4) is 0 Å². The summed E-state index contributed by atoms with van der Waals surface area (Å²) in [4.78, 5) is 42.2. The molecule has 1 fully saturated rings. The number of aryl methyl sites for hydroxylation is 1. The number of carbonyl (C=O) groups excluding carboxylic acids is 1. The molecule has 7 heteroatoms. The molecule has 2 aliphatic rings. The van der Waals surface area contributed by atoms with Crippen molar-refractivity contribution in [3.63, 3.8) is 0 Å². The topological polar surface area (TPSA) is 82.2 Å². The van der Waals surface area contributed by atoms with Gasteiger partial charge in [0.05, 0.1) is 11.7 Å². The minimum Gasteiger partial charge on any atom is -0.333 e. The number of hydrogen-bond acceptors (Lipinski definition) is 5. The van der Waals surface area contributed by atoms with E-state index in [0.717, 1.165) is 54.7 Å². The Kier molecular flexibility index (Phi) is 6.30. The molecular weight excluding hydrogens is 414 g/mol. The fourth-order valence-electron chi connectivity index (χ4n) is 4.94. The predicted octanol–water partition coefficient (Wildman–Crippen LogP) is 3.02. The molecule has 1 saturated heterocycles. The number of rotatable bonds is 6. The summed E-state index contributed by atoms with van der Waals surface area (Å²) in [6.45, 7) is 2.95. The van der Waals surface area contributed by atoms with Crippen LogP contribution in [0.5, 0.6) is 0 Å². The van der Waals surface area contributed by atoms with E-state index >= 15 is 0 Å². The molecule has 4 heterocycles. The van der Waals surface area contributed by atoms with E-state index in [2.05, 4.69) is 33.1 Å². The Hall–Kier alpha value is -3.32. The number of hydrogen-bond donors (Lipinski definition) is 1. The van der Waals surface area contributed by atoms with Crippen molar-refractivity contribution < 1.29 is 4.79 Å². The van der Waals surface area contributed by atoms with Gasteiger partial charge in [-0.1, -0.05) is 36.4 Å². The van der Waals surface area contributed by atoms with Crippen molar-refractivity contribution in [1.29, 1.82) is 0 Å².